The molecule has 1 aliphatic rings. The molecule has 1 amide bonds. The van der Waals surface area contributed by atoms with Gasteiger partial charge in [0.15, 0.2) is 0 Å². The first-order valence-electron chi connectivity index (χ1n) is 9.77. The van der Waals surface area contributed by atoms with Crippen LogP contribution in [0.15, 0.2) is 54.6 Å². The van der Waals surface area contributed by atoms with Gasteiger partial charge in [-0.15, -0.1) is 0 Å². The second-order valence-corrected chi connectivity index (χ2v) is 7.54. The van der Waals surface area contributed by atoms with E-state index in [1.54, 1.807) is 30.3 Å². The first-order chi connectivity index (χ1) is 14.6. The van der Waals surface area contributed by atoms with Crippen LogP contribution in [0.5, 0.6) is 0 Å². The zero-order valence-electron chi connectivity index (χ0n) is 16.3. The summed E-state index contributed by atoms with van der Waals surface area (Å²) >= 11 is 6.04. The predicted molar refractivity (Wildman–Crippen MR) is 113 cm³/mol. The number of morpholine rings is 1. The maximum Gasteiger partial charge on any atom is 0.269 e. The number of hydrogen-bond acceptors (Lipinski definition) is 4. The highest BCUT2D eigenvalue weighted by molar-refractivity contribution is 6.30. The minimum Gasteiger partial charge on any atom is -0.379 e. The summed E-state index contributed by atoms with van der Waals surface area (Å²) in [5, 5.41) is 10.6. The van der Waals surface area contributed by atoms with E-state index in [4.69, 9.17) is 16.3 Å². The molecule has 3 aromatic rings. The average Bonchev–Trinajstić information content (AvgIpc) is 3.26. The summed E-state index contributed by atoms with van der Waals surface area (Å²) < 4.78 is 18.8. The van der Waals surface area contributed by atoms with Crippen molar-refractivity contribution in [2.24, 2.45) is 0 Å². The van der Waals surface area contributed by atoms with Gasteiger partial charge in [0.2, 0.25) is 0 Å². The molecule has 2 N–H and O–H groups in total. The summed E-state index contributed by atoms with van der Waals surface area (Å²) in [5.41, 5.74) is 2.79. The first-order valence-corrected chi connectivity index (χ1v) is 10.1. The standard InChI is InChI=1S/C22H22ClFN4O2/c23-17-3-1-2-16(12-17)19-13-20(27-26-19)22(29)25-14-21(28-8-10-30-11-9-28)15-4-6-18(24)7-5-15/h1-7,12-13,21H,8-11,14H2,(H,25,29)(H,26,27). The minimum absolute atomic E-state index is 0.0752. The highest BCUT2D eigenvalue weighted by atomic mass is 35.5. The summed E-state index contributed by atoms with van der Waals surface area (Å²) in [6.45, 7) is 3.15. The van der Waals surface area contributed by atoms with Crippen LogP contribution >= 0.6 is 11.6 Å². The van der Waals surface area contributed by atoms with Gasteiger partial charge in [0.25, 0.3) is 5.91 Å². The quantitative estimate of drug-likeness (QED) is 0.628. The molecule has 0 radical (unpaired) electrons. The van der Waals surface area contributed by atoms with Crippen molar-refractivity contribution in [2.75, 3.05) is 32.8 Å². The van der Waals surface area contributed by atoms with Gasteiger partial charge in [0.1, 0.15) is 11.5 Å². The van der Waals surface area contributed by atoms with Gasteiger partial charge in [-0.3, -0.25) is 14.8 Å². The second kappa shape index (κ2) is 9.38. The Hall–Kier alpha value is -2.74. The monoisotopic (exact) mass is 428 g/mol. The van der Waals surface area contributed by atoms with E-state index < -0.39 is 0 Å². The zero-order valence-corrected chi connectivity index (χ0v) is 17.0. The second-order valence-electron chi connectivity index (χ2n) is 7.10. The molecule has 1 aliphatic heterocycles. The summed E-state index contributed by atoms with van der Waals surface area (Å²) in [6.07, 6.45) is 0. The maximum absolute atomic E-state index is 13.4. The van der Waals surface area contributed by atoms with Crippen LogP contribution < -0.4 is 5.32 Å². The summed E-state index contributed by atoms with van der Waals surface area (Å²) in [5.74, 6) is -0.536. The number of rotatable bonds is 6. The largest absolute Gasteiger partial charge is 0.379 e. The Morgan fingerprint density at radius 2 is 1.97 bits per heavy atom. The molecule has 1 atom stereocenters. The molecular formula is C22H22ClFN4O2. The molecule has 0 bridgehead atoms. The van der Waals surface area contributed by atoms with Crippen molar-refractivity contribution in [3.63, 3.8) is 0 Å². The number of carbonyl (C=O) groups excluding carboxylic acids is 1. The number of aromatic nitrogens is 2. The lowest BCUT2D eigenvalue weighted by Crippen LogP contribution is -2.43. The topological polar surface area (TPSA) is 70.2 Å². The molecule has 1 saturated heterocycles. The smallest absolute Gasteiger partial charge is 0.269 e. The van der Waals surface area contributed by atoms with Crippen LogP contribution in [0.2, 0.25) is 5.02 Å². The molecule has 4 rings (SSSR count). The van der Waals surface area contributed by atoms with E-state index in [9.17, 15) is 9.18 Å². The lowest BCUT2D eigenvalue weighted by Gasteiger charge is -2.34. The third-order valence-corrected chi connectivity index (χ3v) is 5.38. The predicted octanol–water partition coefficient (Wildman–Crippen LogP) is 3.67. The highest BCUT2D eigenvalue weighted by Crippen LogP contribution is 2.23. The number of H-pyrrole nitrogens is 1. The Kier molecular flexibility index (Phi) is 6.42. The maximum atomic E-state index is 13.4. The molecule has 156 valence electrons. The van der Waals surface area contributed by atoms with Crippen LogP contribution in [0.1, 0.15) is 22.1 Å². The number of benzene rings is 2. The molecule has 30 heavy (non-hydrogen) atoms. The fourth-order valence-electron chi connectivity index (χ4n) is 3.55. The van der Waals surface area contributed by atoms with E-state index in [-0.39, 0.29) is 17.8 Å². The van der Waals surface area contributed by atoms with Crippen LogP contribution in [-0.2, 0) is 4.74 Å². The van der Waals surface area contributed by atoms with Gasteiger partial charge >= 0.3 is 0 Å². The fourth-order valence-corrected chi connectivity index (χ4v) is 3.74. The van der Waals surface area contributed by atoms with Crippen molar-refractivity contribution in [3.8, 4) is 11.3 Å². The minimum atomic E-state index is -0.283. The van der Waals surface area contributed by atoms with Crippen LogP contribution in [0.4, 0.5) is 4.39 Å². The molecular weight excluding hydrogens is 407 g/mol. The van der Waals surface area contributed by atoms with Gasteiger partial charge in [-0.1, -0.05) is 35.9 Å². The molecule has 0 aliphatic carbocycles. The number of aromatic amines is 1. The molecule has 0 saturated carbocycles. The van der Waals surface area contributed by atoms with Crippen molar-refractivity contribution in [3.05, 3.63) is 76.7 Å². The summed E-state index contributed by atoms with van der Waals surface area (Å²) in [7, 11) is 0. The number of hydrogen-bond donors (Lipinski definition) is 2. The van der Waals surface area contributed by atoms with Crippen molar-refractivity contribution >= 4 is 17.5 Å². The Morgan fingerprint density at radius 1 is 1.20 bits per heavy atom. The number of carbonyl (C=O) groups is 1. The van der Waals surface area contributed by atoms with E-state index in [0.717, 1.165) is 24.2 Å². The number of nitrogens with one attached hydrogen (secondary N) is 2. The lowest BCUT2D eigenvalue weighted by atomic mass is 10.0. The Bertz CT molecular complexity index is 1000. The Balaban J connectivity index is 1.46. The van der Waals surface area contributed by atoms with Crippen molar-refractivity contribution in [1.29, 1.82) is 0 Å². The molecule has 0 spiro atoms. The van der Waals surface area contributed by atoms with E-state index in [0.29, 0.717) is 36.2 Å². The molecule has 2 aromatic carbocycles. The normalized spacial score (nSPS) is 15.7. The van der Waals surface area contributed by atoms with Gasteiger partial charge in [-0.2, -0.15) is 5.10 Å². The number of halogens is 2. The third kappa shape index (κ3) is 4.87. The number of nitrogens with zero attached hydrogens (tertiary/aromatic N) is 2. The molecule has 1 aromatic heterocycles. The molecule has 8 heteroatoms. The van der Waals surface area contributed by atoms with Crippen LogP contribution in [0.3, 0.4) is 0 Å². The summed E-state index contributed by atoms with van der Waals surface area (Å²) in [4.78, 5) is 15.0. The molecule has 1 unspecified atom stereocenters. The van der Waals surface area contributed by atoms with Gasteiger partial charge in [-0.25, -0.2) is 4.39 Å². The lowest BCUT2D eigenvalue weighted by molar-refractivity contribution is 0.0162. The van der Waals surface area contributed by atoms with Crippen LogP contribution in [0, 0.1) is 5.82 Å². The van der Waals surface area contributed by atoms with E-state index in [2.05, 4.69) is 20.4 Å². The molecule has 6 nitrogen and oxygen atoms in total. The molecule has 2 heterocycles. The third-order valence-electron chi connectivity index (χ3n) is 5.14. The van der Waals surface area contributed by atoms with Gasteiger partial charge in [-0.05, 0) is 35.9 Å². The van der Waals surface area contributed by atoms with Gasteiger partial charge in [0.05, 0.1) is 24.9 Å². The van der Waals surface area contributed by atoms with Crippen molar-refractivity contribution < 1.29 is 13.9 Å². The Labute approximate surface area is 179 Å². The number of amides is 1. The van der Waals surface area contributed by atoms with Crippen molar-refractivity contribution in [1.82, 2.24) is 20.4 Å². The SMILES string of the molecule is O=C(NCC(c1ccc(F)cc1)N1CCOCC1)c1cc(-c2cccc(Cl)c2)n[nH]1. The zero-order chi connectivity index (χ0) is 20.9. The van der Waals surface area contributed by atoms with Crippen LogP contribution in [-0.4, -0.2) is 53.9 Å². The van der Waals surface area contributed by atoms with Crippen molar-refractivity contribution in [2.45, 2.75) is 6.04 Å². The fraction of sp³-hybridized carbons (Fsp3) is 0.273. The first kappa shape index (κ1) is 20.5. The van der Waals surface area contributed by atoms with E-state index in [1.165, 1.54) is 12.1 Å². The Morgan fingerprint density at radius 3 is 2.70 bits per heavy atom. The molecule has 1 fully saturated rings. The van der Waals surface area contributed by atoms with Gasteiger partial charge in [0, 0.05) is 30.2 Å². The van der Waals surface area contributed by atoms with Gasteiger partial charge < -0.3 is 10.1 Å². The van der Waals surface area contributed by atoms with E-state index >= 15 is 0 Å². The average molecular weight is 429 g/mol. The van der Waals surface area contributed by atoms with Crippen LogP contribution in [0.25, 0.3) is 11.3 Å². The summed E-state index contributed by atoms with van der Waals surface area (Å²) in [6, 6.07) is 15.3. The van der Waals surface area contributed by atoms with E-state index in [1.807, 2.05) is 12.1 Å². The highest BCUT2D eigenvalue weighted by Gasteiger charge is 2.24. The number of ether oxygens (including phenoxy) is 1.